The van der Waals surface area contributed by atoms with Crippen molar-refractivity contribution in [2.45, 2.75) is 20.8 Å². The smallest absolute Gasteiger partial charge is 0.0439 e. The van der Waals surface area contributed by atoms with Gasteiger partial charge in [0.05, 0.1) is 0 Å². The van der Waals surface area contributed by atoms with E-state index in [0.717, 1.165) is 0 Å². The largest absolute Gasteiger partial charge is 0.362 e. The Labute approximate surface area is 74.1 Å². The number of anilines is 1. The average molecular weight is 161 g/mol. The Morgan fingerprint density at radius 3 is 2.25 bits per heavy atom. The highest BCUT2D eigenvalue weighted by atomic mass is 14.8. The van der Waals surface area contributed by atoms with Crippen molar-refractivity contribution in [1.29, 1.82) is 0 Å². The molecule has 1 heteroatoms. The van der Waals surface area contributed by atoms with E-state index in [0.29, 0.717) is 0 Å². The molecule has 0 aliphatic rings. The third-order valence-corrected chi connectivity index (χ3v) is 1.88. The van der Waals surface area contributed by atoms with E-state index in [1.165, 1.54) is 16.8 Å². The van der Waals surface area contributed by atoms with Crippen LogP contribution in [0.4, 0.5) is 5.69 Å². The maximum Gasteiger partial charge on any atom is 0.0439 e. The van der Waals surface area contributed by atoms with Gasteiger partial charge in [-0.2, -0.15) is 0 Å². The predicted octanol–water partition coefficient (Wildman–Crippen LogP) is 3.25. The summed E-state index contributed by atoms with van der Waals surface area (Å²) in [6.07, 6.45) is 3.95. The van der Waals surface area contributed by atoms with Gasteiger partial charge in [-0.25, -0.2) is 0 Å². The summed E-state index contributed by atoms with van der Waals surface area (Å²) in [6, 6.07) is 6.29. The number of allylic oxidation sites excluding steroid dienone is 1. The summed E-state index contributed by atoms with van der Waals surface area (Å²) >= 11 is 0. The topological polar surface area (TPSA) is 12.0 Å². The first-order valence-corrected chi connectivity index (χ1v) is 4.19. The summed E-state index contributed by atoms with van der Waals surface area (Å²) in [4.78, 5) is 0. The van der Waals surface area contributed by atoms with Gasteiger partial charge >= 0.3 is 0 Å². The van der Waals surface area contributed by atoms with E-state index in [2.05, 4.69) is 37.4 Å². The van der Waals surface area contributed by atoms with Gasteiger partial charge in [0.25, 0.3) is 0 Å². The molecule has 0 heterocycles. The Kier molecular flexibility index (Phi) is 2.92. The Balaban J connectivity index is 2.96. The van der Waals surface area contributed by atoms with Gasteiger partial charge in [-0.3, -0.25) is 0 Å². The minimum absolute atomic E-state index is 1.22. The second kappa shape index (κ2) is 3.96. The van der Waals surface area contributed by atoms with Crippen molar-refractivity contribution in [3.8, 4) is 0 Å². The normalized spacial score (nSPS) is 10.6. The van der Waals surface area contributed by atoms with Crippen molar-refractivity contribution in [1.82, 2.24) is 0 Å². The van der Waals surface area contributed by atoms with Gasteiger partial charge in [0.15, 0.2) is 0 Å². The highest BCUT2D eigenvalue weighted by Gasteiger charge is 1.97. The number of nitrogens with one attached hydrogen (secondary N) is 1. The number of aryl methyl sites for hydroxylation is 2. The number of benzene rings is 1. The van der Waals surface area contributed by atoms with Gasteiger partial charge in [-0.15, -0.1) is 0 Å². The summed E-state index contributed by atoms with van der Waals surface area (Å²) in [6.45, 7) is 6.22. The molecule has 1 rings (SSSR count). The quantitative estimate of drug-likeness (QED) is 0.702. The van der Waals surface area contributed by atoms with Gasteiger partial charge in [-0.1, -0.05) is 24.3 Å². The second-order valence-corrected chi connectivity index (χ2v) is 2.91. The van der Waals surface area contributed by atoms with Crippen LogP contribution < -0.4 is 5.32 Å². The lowest BCUT2D eigenvalue weighted by Crippen LogP contribution is -1.93. The standard InChI is InChI=1S/C11H15N/c1-4-8-12-11-9(2)6-5-7-10(11)3/h4-8,12H,1-3H3/b8-4+. The van der Waals surface area contributed by atoms with Crippen LogP contribution >= 0.6 is 0 Å². The zero-order chi connectivity index (χ0) is 8.97. The van der Waals surface area contributed by atoms with Crippen molar-refractivity contribution >= 4 is 5.69 Å². The third-order valence-electron chi connectivity index (χ3n) is 1.88. The lowest BCUT2D eigenvalue weighted by Gasteiger charge is -2.08. The minimum atomic E-state index is 1.22. The maximum atomic E-state index is 3.25. The molecule has 12 heavy (non-hydrogen) atoms. The van der Waals surface area contributed by atoms with E-state index >= 15 is 0 Å². The molecule has 0 amide bonds. The predicted molar refractivity (Wildman–Crippen MR) is 54.4 cm³/mol. The molecule has 1 aromatic carbocycles. The molecular weight excluding hydrogens is 146 g/mol. The Morgan fingerprint density at radius 2 is 1.75 bits per heavy atom. The molecule has 0 atom stereocenters. The molecule has 0 unspecified atom stereocenters. The summed E-state index contributed by atoms with van der Waals surface area (Å²) in [5.74, 6) is 0. The molecule has 1 aromatic rings. The molecule has 0 fully saturated rings. The number of hydrogen-bond acceptors (Lipinski definition) is 1. The van der Waals surface area contributed by atoms with Gasteiger partial charge < -0.3 is 5.32 Å². The number of rotatable bonds is 2. The van der Waals surface area contributed by atoms with Crippen LogP contribution in [0.1, 0.15) is 18.1 Å². The molecule has 0 bridgehead atoms. The zero-order valence-corrected chi connectivity index (χ0v) is 7.89. The molecule has 0 aliphatic heterocycles. The summed E-state index contributed by atoms with van der Waals surface area (Å²) in [5, 5.41) is 3.25. The van der Waals surface area contributed by atoms with Crippen LogP contribution in [-0.4, -0.2) is 0 Å². The first-order chi connectivity index (χ1) is 5.75. The molecular formula is C11H15N. The first kappa shape index (κ1) is 8.85. The zero-order valence-electron chi connectivity index (χ0n) is 7.89. The molecule has 0 aliphatic carbocycles. The number of para-hydroxylation sites is 1. The summed E-state index contributed by atoms with van der Waals surface area (Å²) in [7, 11) is 0. The van der Waals surface area contributed by atoms with E-state index in [1.807, 2.05) is 19.2 Å². The van der Waals surface area contributed by atoms with Crippen molar-refractivity contribution in [3.05, 3.63) is 41.6 Å². The average Bonchev–Trinajstić information content (AvgIpc) is 2.04. The van der Waals surface area contributed by atoms with Crippen molar-refractivity contribution in [2.75, 3.05) is 5.32 Å². The summed E-state index contributed by atoms with van der Waals surface area (Å²) in [5.41, 5.74) is 3.79. The van der Waals surface area contributed by atoms with Crippen LogP contribution in [0.25, 0.3) is 0 Å². The monoisotopic (exact) mass is 161 g/mol. The first-order valence-electron chi connectivity index (χ1n) is 4.19. The van der Waals surface area contributed by atoms with Crippen LogP contribution in [0.5, 0.6) is 0 Å². The van der Waals surface area contributed by atoms with Crippen LogP contribution in [-0.2, 0) is 0 Å². The van der Waals surface area contributed by atoms with Crippen LogP contribution in [0.3, 0.4) is 0 Å². The van der Waals surface area contributed by atoms with Gasteiger partial charge in [-0.05, 0) is 38.1 Å². The van der Waals surface area contributed by atoms with Gasteiger partial charge in [0.1, 0.15) is 0 Å². The van der Waals surface area contributed by atoms with E-state index in [1.54, 1.807) is 0 Å². The van der Waals surface area contributed by atoms with Crippen molar-refractivity contribution in [3.63, 3.8) is 0 Å². The van der Waals surface area contributed by atoms with Crippen LogP contribution in [0.15, 0.2) is 30.5 Å². The van der Waals surface area contributed by atoms with Crippen LogP contribution in [0, 0.1) is 13.8 Å². The van der Waals surface area contributed by atoms with E-state index in [9.17, 15) is 0 Å². The Bertz CT molecular complexity index is 267. The molecule has 0 spiro atoms. The molecule has 0 saturated carbocycles. The molecule has 1 nitrogen and oxygen atoms in total. The highest BCUT2D eigenvalue weighted by Crippen LogP contribution is 2.18. The Hall–Kier alpha value is -1.24. The van der Waals surface area contributed by atoms with Gasteiger partial charge in [0.2, 0.25) is 0 Å². The highest BCUT2D eigenvalue weighted by molar-refractivity contribution is 5.57. The molecule has 0 aromatic heterocycles. The minimum Gasteiger partial charge on any atom is -0.362 e. The SMILES string of the molecule is C/C=C/Nc1c(C)cccc1C. The fraction of sp³-hybridized carbons (Fsp3) is 0.273. The fourth-order valence-corrected chi connectivity index (χ4v) is 1.21. The second-order valence-electron chi connectivity index (χ2n) is 2.91. The summed E-state index contributed by atoms with van der Waals surface area (Å²) < 4.78 is 0. The maximum absolute atomic E-state index is 3.25. The Morgan fingerprint density at radius 1 is 1.17 bits per heavy atom. The van der Waals surface area contributed by atoms with Crippen molar-refractivity contribution in [2.24, 2.45) is 0 Å². The van der Waals surface area contributed by atoms with Gasteiger partial charge in [0, 0.05) is 5.69 Å². The fourth-order valence-electron chi connectivity index (χ4n) is 1.21. The molecule has 64 valence electrons. The lowest BCUT2D eigenvalue weighted by molar-refractivity contribution is 1.36. The van der Waals surface area contributed by atoms with Crippen molar-refractivity contribution < 1.29 is 0 Å². The molecule has 1 N–H and O–H groups in total. The van der Waals surface area contributed by atoms with E-state index in [4.69, 9.17) is 0 Å². The van der Waals surface area contributed by atoms with E-state index in [-0.39, 0.29) is 0 Å². The lowest BCUT2D eigenvalue weighted by atomic mass is 10.1. The molecule has 0 radical (unpaired) electrons. The third kappa shape index (κ3) is 1.88. The number of hydrogen-bond donors (Lipinski definition) is 1. The molecule has 0 saturated heterocycles. The van der Waals surface area contributed by atoms with E-state index < -0.39 is 0 Å². The van der Waals surface area contributed by atoms with Crippen LogP contribution in [0.2, 0.25) is 0 Å².